The predicted octanol–water partition coefficient (Wildman–Crippen LogP) is 3.30. The zero-order valence-corrected chi connectivity index (χ0v) is 11.2. The Morgan fingerprint density at radius 1 is 1.00 bits per heavy atom. The van der Waals surface area contributed by atoms with E-state index in [1.807, 2.05) is 0 Å². The molecule has 0 unspecified atom stereocenters. The summed E-state index contributed by atoms with van der Waals surface area (Å²) < 4.78 is 0. The third kappa shape index (κ3) is 3.04. The average molecular weight is 248 g/mol. The Bertz CT molecular complexity index is 318. The molecule has 3 nitrogen and oxygen atoms in total. The molecule has 0 saturated heterocycles. The number of hydrogen-bond acceptors (Lipinski definition) is 2. The molecule has 100 valence electrons. The van der Waals surface area contributed by atoms with E-state index >= 15 is 0 Å². The van der Waals surface area contributed by atoms with Crippen LogP contribution < -0.4 is 5.32 Å². The number of carbonyl (C=O) groups is 1. The predicted molar refractivity (Wildman–Crippen MR) is 70.8 cm³/mol. The van der Waals surface area contributed by atoms with Gasteiger partial charge in [-0.15, -0.1) is 0 Å². The van der Waals surface area contributed by atoms with Crippen LogP contribution in [0.1, 0.15) is 70.6 Å². The molecule has 2 fully saturated rings. The zero-order valence-electron chi connectivity index (χ0n) is 11.2. The molecule has 0 heterocycles. The van der Waals surface area contributed by atoms with Crippen molar-refractivity contribution in [2.75, 3.05) is 0 Å². The summed E-state index contributed by atoms with van der Waals surface area (Å²) in [4.78, 5) is 12.3. The molecule has 2 aliphatic rings. The van der Waals surface area contributed by atoms with Crippen LogP contribution in [0.15, 0.2) is 0 Å². The lowest BCUT2D eigenvalue weighted by Crippen LogP contribution is -2.44. The van der Waals surface area contributed by atoms with Crippen LogP contribution in [0.4, 0.5) is 0 Å². The molecule has 0 bridgehead atoms. The largest absolute Gasteiger partial charge is 0.352 e. The molecule has 2 rings (SSSR count). The van der Waals surface area contributed by atoms with Gasteiger partial charge >= 0.3 is 0 Å². The number of amides is 1. The lowest BCUT2D eigenvalue weighted by atomic mass is 9.86. The van der Waals surface area contributed by atoms with E-state index in [1.54, 1.807) is 0 Å². The second-order valence-corrected chi connectivity index (χ2v) is 5.92. The summed E-state index contributed by atoms with van der Waals surface area (Å²) >= 11 is 0. The van der Waals surface area contributed by atoms with Crippen LogP contribution in [-0.2, 0) is 4.79 Å². The number of nitrogens with zero attached hydrogens (tertiary/aromatic N) is 1. The molecule has 3 heteroatoms. The zero-order chi connectivity index (χ0) is 12.8. The monoisotopic (exact) mass is 248 g/mol. The van der Waals surface area contributed by atoms with Crippen molar-refractivity contribution in [2.45, 2.75) is 76.7 Å². The molecule has 0 radical (unpaired) electrons. The van der Waals surface area contributed by atoms with Gasteiger partial charge in [-0.3, -0.25) is 4.79 Å². The van der Waals surface area contributed by atoms with Gasteiger partial charge in [0.05, 0.1) is 6.07 Å². The van der Waals surface area contributed by atoms with Crippen molar-refractivity contribution in [2.24, 2.45) is 5.41 Å². The fraction of sp³-hybridized carbons (Fsp3) is 0.867. The molecular formula is C15H24N2O. The van der Waals surface area contributed by atoms with Crippen LogP contribution in [0, 0.1) is 16.7 Å². The van der Waals surface area contributed by atoms with E-state index in [0.717, 1.165) is 38.5 Å². The minimum atomic E-state index is -0.706. The third-order valence-corrected chi connectivity index (χ3v) is 4.55. The fourth-order valence-corrected chi connectivity index (χ4v) is 3.29. The van der Waals surface area contributed by atoms with Gasteiger partial charge in [0.1, 0.15) is 5.41 Å². The van der Waals surface area contributed by atoms with E-state index in [4.69, 9.17) is 0 Å². The van der Waals surface area contributed by atoms with Crippen LogP contribution in [0.5, 0.6) is 0 Å². The number of hydrogen-bond donors (Lipinski definition) is 1. The number of nitriles is 1. The topological polar surface area (TPSA) is 52.9 Å². The number of nitrogens with one attached hydrogen (secondary N) is 1. The highest BCUT2D eigenvalue weighted by Crippen LogP contribution is 2.37. The van der Waals surface area contributed by atoms with Crippen molar-refractivity contribution >= 4 is 5.91 Å². The quantitative estimate of drug-likeness (QED) is 0.815. The van der Waals surface area contributed by atoms with Gasteiger partial charge in [0, 0.05) is 6.04 Å². The lowest BCUT2D eigenvalue weighted by Gasteiger charge is -2.26. The highest BCUT2D eigenvalue weighted by Gasteiger charge is 2.42. The molecule has 0 atom stereocenters. The van der Waals surface area contributed by atoms with Gasteiger partial charge in [-0.2, -0.15) is 5.26 Å². The van der Waals surface area contributed by atoms with E-state index in [1.165, 1.54) is 32.1 Å². The van der Waals surface area contributed by atoms with Crippen molar-refractivity contribution in [3.05, 3.63) is 0 Å². The Balaban J connectivity index is 1.91. The van der Waals surface area contributed by atoms with Crippen molar-refractivity contribution in [1.29, 1.82) is 5.26 Å². The molecule has 0 aromatic rings. The van der Waals surface area contributed by atoms with E-state index < -0.39 is 5.41 Å². The van der Waals surface area contributed by atoms with Gasteiger partial charge in [0.2, 0.25) is 5.91 Å². The van der Waals surface area contributed by atoms with E-state index in [-0.39, 0.29) is 5.91 Å². The highest BCUT2D eigenvalue weighted by atomic mass is 16.2. The van der Waals surface area contributed by atoms with Crippen LogP contribution in [0.2, 0.25) is 0 Å². The maximum Gasteiger partial charge on any atom is 0.240 e. The molecule has 0 aliphatic heterocycles. The van der Waals surface area contributed by atoms with Crippen molar-refractivity contribution in [3.8, 4) is 6.07 Å². The Morgan fingerprint density at radius 3 is 2.11 bits per heavy atom. The second kappa shape index (κ2) is 6.22. The normalized spacial score (nSPS) is 24.8. The lowest BCUT2D eigenvalue weighted by molar-refractivity contribution is -0.128. The average Bonchev–Trinajstić information content (AvgIpc) is 2.82. The molecule has 0 aromatic carbocycles. The smallest absolute Gasteiger partial charge is 0.240 e. The molecule has 2 saturated carbocycles. The van der Waals surface area contributed by atoms with Gasteiger partial charge in [-0.05, 0) is 25.7 Å². The van der Waals surface area contributed by atoms with Gasteiger partial charge < -0.3 is 5.32 Å². The Hall–Kier alpha value is -1.04. The second-order valence-electron chi connectivity index (χ2n) is 5.92. The van der Waals surface area contributed by atoms with Gasteiger partial charge in [0.25, 0.3) is 0 Å². The molecule has 2 aliphatic carbocycles. The minimum Gasteiger partial charge on any atom is -0.352 e. The highest BCUT2D eigenvalue weighted by molar-refractivity contribution is 5.85. The van der Waals surface area contributed by atoms with Crippen LogP contribution in [0.25, 0.3) is 0 Å². The Kier molecular flexibility index (Phi) is 4.63. The summed E-state index contributed by atoms with van der Waals surface area (Å²) in [5.74, 6) is 0.00748. The van der Waals surface area contributed by atoms with Gasteiger partial charge in [-0.25, -0.2) is 0 Å². The first kappa shape index (κ1) is 13.4. The molecule has 1 amide bonds. The first-order chi connectivity index (χ1) is 8.77. The fourth-order valence-electron chi connectivity index (χ4n) is 3.29. The molecule has 18 heavy (non-hydrogen) atoms. The standard InChI is InChI=1S/C15H24N2O/c16-12-15(10-6-7-11-15)14(18)17-13-8-4-2-1-3-5-9-13/h13H,1-11H2,(H,17,18). The van der Waals surface area contributed by atoms with E-state index in [0.29, 0.717) is 6.04 Å². The van der Waals surface area contributed by atoms with Crippen molar-refractivity contribution in [1.82, 2.24) is 5.32 Å². The van der Waals surface area contributed by atoms with E-state index in [2.05, 4.69) is 11.4 Å². The first-order valence-corrected chi connectivity index (χ1v) is 7.49. The minimum absolute atomic E-state index is 0.00748. The Labute approximate surface area is 110 Å². The summed E-state index contributed by atoms with van der Waals surface area (Å²) in [6.07, 6.45) is 12.1. The van der Waals surface area contributed by atoms with Crippen LogP contribution in [-0.4, -0.2) is 11.9 Å². The maximum absolute atomic E-state index is 12.3. The van der Waals surface area contributed by atoms with Gasteiger partial charge in [0.15, 0.2) is 0 Å². The van der Waals surface area contributed by atoms with E-state index in [9.17, 15) is 10.1 Å². The SMILES string of the molecule is N#CC1(C(=O)NC2CCCCCCC2)CCCC1. The molecule has 0 spiro atoms. The first-order valence-electron chi connectivity index (χ1n) is 7.49. The van der Waals surface area contributed by atoms with Gasteiger partial charge in [-0.1, -0.05) is 44.9 Å². The summed E-state index contributed by atoms with van der Waals surface area (Å²) in [6, 6.07) is 2.59. The molecular weight excluding hydrogens is 224 g/mol. The van der Waals surface area contributed by atoms with Crippen LogP contribution >= 0.6 is 0 Å². The maximum atomic E-state index is 12.3. The summed E-state index contributed by atoms with van der Waals surface area (Å²) in [5.41, 5.74) is -0.706. The van der Waals surface area contributed by atoms with Crippen molar-refractivity contribution < 1.29 is 4.79 Å². The molecule has 1 N–H and O–H groups in total. The summed E-state index contributed by atoms with van der Waals surface area (Å²) in [7, 11) is 0. The number of carbonyl (C=O) groups excluding carboxylic acids is 1. The summed E-state index contributed by atoms with van der Waals surface area (Å²) in [6.45, 7) is 0. The molecule has 0 aromatic heterocycles. The Morgan fingerprint density at radius 2 is 1.56 bits per heavy atom. The number of rotatable bonds is 2. The third-order valence-electron chi connectivity index (χ3n) is 4.55. The summed E-state index contributed by atoms with van der Waals surface area (Å²) in [5, 5.41) is 12.5. The van der Waals surface area contributed by atoms with Crippen LogP contribution in [0.3, 0.4) is 0 Å². The van der Waals surface area contributed by atoms with Crippen molar-refractivity contribution in [3.63, 3.8) is 0 Å².